The van der Waals surface area contributed by atoms with Crippen LogP contribution in [0.1, 0.15) is 22.3 Å². The number of carbonyl (C=O) groups is 1. The first-order chi connectivity index (χ1) is 13.2. The van der Waals surface area contributed by atoms with E-state index in [0.717, 1.165) is 44.7 Å². The molecule has 1 amide bonds. The highest BCUT2D eigenvalue weighted by Gasteiger charge is 2.13. The lowest BCUT2D eigenvalue weighted by molar-refractivity contribution is 0.0946. The highest BCUT2D eigenvalue weighted by atomic mass is 35.5. The number of benzene rings is 2. The Morgan fingerprint density at radius 1 is 1.11 bits per heavy atom. The first kappa shape index (κ1) is 22.5. The molecule has 0 radical (unpaired) electrons. The molecule has 3 rings (SSSR count). The predicted octanol–water partition coefficient (Wildman–Crippen LogP) is 3.37. The van der Waals surface area contributed by atoms with Crippen LogP contribution in [0, 0.1) is 0 Å². The van der Waals surface area contributed by atoms with Crippen molar-refractivity contribution in [2.24, 2.45) is 0 Å². The minimum Gasteiger partial charge on any atom is -0.488 e. The van der Waals surface area contributed by atoms with Crippen molar-refractivity contribution in [1.29, 1.82) is 0 Å². The topological polar surface area (TPSA) is 53.6 Å². The van der Waals surface area contributed by atoms with Crippen LogP contribution in [0.15, 0.2) is 48.5 Å². The minimum absolute atomic E-state index is 0. The van der Waals surface area contributed by atoms with Gasteiger partial charge in [0.05, 0.1) is 5.56 Å². The smallest absolute Gasteiger partial charge is 0.255 e. The summed E-state index contributed by atoms with van der Waals surface area (Å²) in [5.41, 5.74) is 1.57. The molecular formula is C21H27Cl2N3O2. The monoisotopic (exact) mass is 423 g/mol. The zero-order chi connectivity index (χ0) is 18.9. The zero-order valence-electron chi connectivity index (χ0n) is 15.8. The molecule has 1 heterocycles. The second-order valence-corrected chi connectivity index (χ2v) is 7.05. The number of hydrogen-bond donors (Lipinski definition) is 2. The van der Waals surface area contributed by atoms with Gasteiger partial charge in [-0.05, 0) is 42.8 Å². The third-order valence-electron chi connectivity index (χ3n) is 4.59. The number of rotatable bonds is 8. The Kier molecular flexibility index (Phi) is 9.58. The number of amides is 1. The van der Waals surface area contributed by atoms with Crippen LogP contribution in [0.3, 0.4) is 0 Å². The third kappa shape index (κ3) is 6.99. The lowest BCUT2D eigenvalue weighted by Crippen LogP contribution is -2.44. The first-order valence-electron chi connectivity index (χ1n) is 9.40. The number of nitrogens with one attached hydrogen (secondary N) is 2. The molecule has 0 spiro atoms. The molecule has 0 saturated carbocycles. The van der Waals surface area contributed by atoms with Gasteiger partial charge in [-0.2, -0.15) is 0 Å². The lowest BCUT2D eigenvalue weighted by atomic mass is 10.2. The number of para-hydroxylation sites is 1. The minimum atomic E-state index is -0.0954. The number of hydrogen-bond acceptors (Lipinski definition) is 4. The Morgan fingerprint density at radius 3 is 2.57 bits per heavy atom. The molecule has 5 nitrogen and oxygen atoms in total. The second kappa shape index (κ2) is 11.9. The molecule has 28 heavy (non-hydrogen) atoms. The van der Waals surface area contributed by atoms with Crippen LogP contribution < -0.4 is 15.4 Å². The molecular weight excluding hydrogens is 397 g/mol. The molecule has 1 aliphatic heterocycles. The largest absolute Gasteiger partial charge is 0.488 e. The van der Waals surface area contributed by atoms with Gasteiger partial charge in [0.15, 0.2) is 0 Å². The quantitative estimate of drug-likeness (QED) is 0.639. The third-order valence-corrected chi connectivity index (χ3v) is 4.84. The van der Waals surface area contributed by atoms with Crippen molar-refractivity contribution >= 4 is 29.9 Å². The van der Waals surface area contributed by atoms with E-state index >= 15 is 0 Å². The van der Waals surface area contributed by atoms with Crippen molar-refractivity contribution in [1.82, 2.24) is 15.5 Å². The SMILES string of the molecule is Cl.O=C(NCCCN1CCNCC1)c1ccccc1OCc1ccc(Cl)cc1. The van der Waals surface area contributed by atoms with Crippen LogP contribution in [-0.4, -0.2) is 50.1 Å². The molecule has 152 valence electrons. The van der Waals surface area contributed by atoms with Gasteiger partial charge in [-0.1, -0.05) is 35.9 Å². The number of ether oxygens (including phenoxy) is 1. The maximum atomic E-state index is 12.5. The molecule has 1 aliphatic rings. The molecule has 0 bridgehead atoms. The standard InChI is InChI=1S/C21H26ClN3O2.ClH/c22-18-8-6-17(7-9-18)16-27-20-5-2-1-4-19(20)21(26)24-10-3-13-25-14-11-23-12-15-25;/h1-2,4-9,23H,3,10-16H2,(H,24,26);1H. The molecule has 2 aromatic rings. The summed E-state index contributed by atoms with van der Waals surface area (Å²) < 4.78 is 5.87. The summed E-state index contributed by atoms with van der Waals surface area (Å²) in [7, 11) is 0. The Labute approximate surface area is 177 Å². The van der Waals surface area contributed by atoms with Crippen LogP contribution in [0.4, 0.5) is 0 Å². The molecule has 1 saturated heterocycles. The van der Waals surface area contributed by atoms with Gasteiger partial charge in [-0.15, -0.1) is 12.4 Å². The highest BCUT2D eigenvalue weighted by Crippen LogP contribution is 2.20. The fourth-order valence-corrected chi connectivity index (χ4v) is 3.18. The maximum absolute atomic E-state index is 12.5. The molecule has 0 aromatic heterocycles. The summed E-state index contributed by atoms with van der Waals surface area (Å²) in [6.07, 6.45) is 0.944. The molecule has 1 fully saturated rings. The van der Waals surface area contributed by atoms with Crippen LogP contribution in [0.2, 0.25) is 5.02 Å². The Balaban J connectivity index is 0.00000280. The lowest BCUT2D eigenvalue weighted by Gasteiger charge is -2.27. The van der Waals surface area contributed by atoms with Crippen LogP contribution >= 0.6 is 24.0 Å². The van der Waals surface area contributed by atoms with E-state index in [0.29, 0.717) is 29.5 Å². The van der Waals surface area contributed by atoms with Crippen LogP contribution in [0.5, 0.6) is 5.75 Å². The van der Waals surface area contributed by atoms with Gasteiger partial charge in [-0.25, -0.2) is 0 Å². The van der Waals surface area contributed by atoms with E-state index in [1.807, 2.05) is 42.5 Å². The van der Waals surface area contributed by atoms with Crippen molar-refractivity contribution in [2.45, 2.75) is 13.0 Å². The molecule has 0 aliphatic carbocycles. The van der Waals surface area contributed by atoms with Crippen molar-refractivity contribution in [3.8, 4) is 5.75 Å². The fraction of sp³-hybridized carbons (Fsp3) is 0.381. The number of piperazine rings is 1. The summed E-state index contributed by atoms with van der Waals surface area (Å²) in [6.45, 7) is 6.31. The highest BCUT2D eigenvalue weighted by molar-refractivity contribution is 6.30. The normalized spacial score (nSPS) is 14.2. The van der Waals surface area contributed by atoms with Crippen molar-refractivity contribution in [3.05, 3.63) is 64.7 Å². The first-order valence-corrected chi connectivity index (χ1v) is 9.78. The Bertz CT molecular complexity index is 735. The van der Waals surface area contributed by atoms with E-state index < -0.39 is 0 Å². The van der Waals surface area contributed by atoms with Gasteiger partial charge in [0.1, 0.15) is 12.4 Å². The van der Waals surface area contributed by atoms with Gasteiger partial charge in [0.2, 0.25) is 0 Å². The predicted molar refractivity (Wildman–Crippen MR) is 116 cm³/mol. The second-order valence-electron chi connectivity index (χ2n) is 6.61. The van der Waals surface area contributed by atoms with Gasteiger partial charge in [-0.3, -0.25) is 4.79 Å². The van der Waals surface area contributed by atoms with Gasteiger partial charge < -0.3 is 20.3 Å². The summed E-state index contributed by atoms with van der Waals surface area (Å²) in [5.74, 6) is 0.495. The van der Waals surface area contributed by atoms with Crippen molar-refractivity contribution in [2.75, 3.05) is 39.3 Å². The van der Waals surface area contributed by atoms with Crippen molar-refractivity contribution in [3.63, 3.8) is 0 Å². The Hall–Kier alpha value is -1.79. The molecule has 2 N–H and O–H groups in total. The fourth-order valence-electron chi connectivity index (χ4n) is 3.06. The van der Waals surface area contributed by atoms with E-state index in [9.17, 15) is 4.79 Å². The number of halogens is 2. The summed E-state index contributed by atoms with van der Waals surface area (Å²) in [5, 5.41) is 7.05. The van der Waals surface area contributed by atoms with E-state index in [1.54, 1.807) is 6.07 Å². The van der Waals surface area contributed by atoms with E-state index in [2.05, 4.69) is 15.5 Å². The maximum Gasteiger partial charge on any atom is 0.255 e. The van der Waals surface area contributed by atoms with Crippen LogP contribution in [0.25, 0.3) is 0 Å². The van der Waals surface area contributed by atoms with E-state index in [-0.39, 0.29) is 18.3 Å². The Morgan fingerprint density at radius 2 is 1.82 bits per heavy atom. The van der Waals surface area contributed by atoms with Gasteiger partial charge in [0, 0.05) is 37.7 Å². The number of nitrogens with zero attached hydrogens (tertiary/aromatic N) is 1. The average Bonchev–Trinajstić information content (AvgIpc) is 2.71. The van der Waals surface area contributed by atoms with Crippen LogP contribution in [-0.2, 0) is 6.61 Å². The van der Waals surface area contributed by atoms with Gasteiger partial charge >= 0.3 is 0 Å². The average molecular weight is 424 g/mol. The molecule has 0 unspecified atom stereocenters. The summed E-state index contributed by atoms with van der Waals surface area (Å²) >= 11 is 5.91. The van der Waals surface area contributed by atoms with E-state index in [1.165, 1.54) is 0 Å². The zero-order valence-corrected chi connectivity index (χ0v) is 17.4. The van der Waals surface area contributed by atoms with Gasteiger partial charge in [0.25, 0.3) is 5.91 Å². The molecule has 7 heteroatoms. The summed E-state index contributed by atoms with van der Waals surface area (Å²) in [4.78, 5) is 15.0. The molecule has 2 aromatic carbocycles. The number of carbonyl (C=O) groups excluding carboxylic acids is 1. The molecule has 0 atom stereocenters. The van der Waals surface area contributed by atoms with E-state index in [4.69, 9.17) is 16.3 Å². The summed E-state index contributed by atoms with van der Waals surface area (Å²) in [6, 6.07) is 14.8. The van der Waals surface area contributed by atoms with Crippen molar-refractivity contribution < 1.29 is 9.53 Å².